The van der Waals surface area contributed by atoms with E-state index in [9.17, 15) is 10.1 Å². The fourth-order valence-corrected chi connectivity index (χ4v) is 0.589. The molecule has 5 heteroatoms. The summed E-state index contributed by atoms with van der Waals surface area (Å²) in [5, 5.41) is 15.0. The largest absolute Gasteiger partial charge is 0.365 e. The Balaban J connectivity index is 2.62. The van der Waals surface area contributed by atoms with Crippen molar-refractivity contribution >= 4 is 5.84 Å². The maximum Gasteiger partial charge on any atom is 0.365 e. The summed E-state index contributed by atoms with van der Waals surface area (Å²) in [6.07, 6.45) is 0.337. The predicted octanol–water partition coefficient (Wildman–Crippen LogP) is 0.0739. The van der Waals surface area contributed by atoms with E-state index < -0.39 is 4.92 Å². The Morgan fingerprint density at radius 1 is 2.00 bits per heavy atom. The maximum atomic E-state index is 9.98. The number of hydrazone groups is 1. The van der Waals surface area contributed by atoms with Crippen molar-refractivity contribution in [3.05, 3.63) is 16.7 Å². The Morgan fingerprint density at radius 3 is 2.89 bits per heavy atom. The van der Waals surface area contributed by atoms with Crippen LogP contribution in [0.15, 0.2) is 5.10 Å². The minimum Gasteiger partial charge on any atom is -0.358 e. The molecular weight excluding hydrogens is 122 g/mol. The number of nitro groups is 1. The van der Waals surface area contributed by atoms with Gasteiger partial charge in [0, 0.05) is 12.1 Å². The third-order valence-electron chi connectivity index (χ3n) is 1.02. The van der Waals surface area contributed by atoms with Gasteiger partial charge in [0.1, 0.15) is 6.54 Å². The molecule has 0 aliphatic carbocycles. The van der Waals surface area contributed by atoms with E-state index in [0.717, 1.165) is 0 Å². The molecule has 0 aromatic carbocycles. The van der Waals surface area contributed by atoms with Crippen LogP contribution in [-0.4, -0.2) is 22.8 Å². The molecule has 0 aromatic rings. The first-order valence-corrected chi connectivity index (χ1v) is 2.48. The van der Waals surface area contributed by atoms with E-state index in [0.29, 0.717) is 6.42 Å². The van der Waals surface area contributed by atoms with Crippen molar-refractivity contribution in [2.45, 2.75) is 6.42 Å². The molecule has 1 aliphatic heterocycles. The van der Waals surface area contributed by atoms with Crippen LogP contribution in [0.5, 0.6) is 0 Å². The molecule has 0 saturated heterocycles. The van der Waals surface area contributed by atoms with Gasteiger partial charge in [-0.2, -0.15) is 0 Å². The number of amidine groups is 1. The molecule has 0 unspecified atom stereocenters. The normalized spacial score (nSPS) is 17.9. The van der Waals surface area contributed by atoms with Crippen molar-refractivity contribution in [2.24, 2.45) is 5.10 Å². The number of hydrogen-bond donors (Lipinski definition) is 0. The van der Waals surface area contributed by atoms with Crippen LogP contribution in [0, 0.1) is 16.7 Å². The average Bonchev–Trinajstić information content (AvgIpc) is 2.14. The molecule has 1 rings (SSSR count). The molecule has 0 aromatic heterocycles. The lowest BCUT2D eigenvalue weighted by molar-refractivity contribution is -0.352. The fraction of sp³-hybridized carbons (Fsp3) is 0.500. The molecule has 1 radical (unpaired) electrons. The third-order valence-corrected chi connectivity index (χ3v) is 1.02. The molecule has 0 saturated carbocycles. The van der Waals surface area contributed by atoms with Crippen LogP contribution in [0.1, 0.15) is 6.42 Å². The van der Waals surface area contributed by atoms with E-state index >= 15 is 0 Å². The summed E-state index contributed by atoms with van der Waals surface area (Å²) in [5.74, 6) is 0.0116. The summed E-state index contributed by atoms with van der Waals surface area (Å²) in [7, 11) is 1.66. The standard InChI is InChI=1S/C4H6N3O2/c1-6-3-2-4(5-6)7(8)9/h3H,2H2,1H3. The first kappa shape index (κ1) is 6.00. The highest BCUT2D eigenvalue weighted by Crippen LogP contribution is 2.06. The highest BCUT2D eigenvalue weighted by atomic mass is 16.6. The van der Waals surface area contributed by atoms with E-state index in [1.165, 1.54) is 5.01 Å². The van der Waals surface area contributed by atoms with Crippen LogP contribution < -0.4 is 0 Å². The van der Waals surface area contributed by atoms with Crippen molar-refractivity contribution < 1.29 is 4.92 Å². The van der Waals surface area contributed by atoms with Gasteiger partial charge in [0.25, 0.3) is 0 Å². The summed E-state index contributed by atoms with van der Waals surface area (Å²) in [6, 6.07) is 0. The topological polar surface area (TPSA) is 58.7 Å². The highest BCUT2D eigenvalue weighted by molar-refractivity contribution is 5.76. The van der Waals surface area contributed by atoms with Gasteiger partial charge in [-0.3, -0.25) is 0 Å². The van der Waals surface area contributed by atoms with Gasteiger partial charge in [-0.05, 0) is 4.92 Å². The van der Waals surface area contributed by atoms with Crippen LogP contribution in [0.3, 0.4) is 0 Å². The summed E-state index contributed by atoms with van der Waals surface area (Å²) in [6.45, 7) is 1.65. The summed E-state index contributed by atoms with van der Waals surface area (Å²) in [4.78, 5) is 9.50. The van der Waals surface area contributed by atoms with Crippen LogP contribution >= 0.6 is 0 Å². The van der Waals surface area contributed by atoms with Crippen molar-refractivity contribution in [1.82, 2.24) is 5.01 Å². The summed E-state index contributed by atoms with van der Waals surface area (Å²) in [5.41, 5.74) is 0. The Kier molecular flexibility index (Phi) is 1.33. The van der Waals surface area contributed by atoms with Crippen molar-refractivity contribution in [3.8, 4) is 0 Å². The molecule has 9 heavy (non-hydrogen) atoms. The molecule has 49 valence electrons. The SMILES string of the molecule is CN1[CH]CC([N+](=O)[O-])=N1. The Hall–Kier alpha value is -1.13. The lowest BCUT2D eigenvalue weighted by Gasteiger charge is -1.90. The Labute approximate surface area is 52.1 Å². The first-order valence-electron chi connectivity index (χ1n) is 2.48. The average molecular weight is 128 g/mol. The molecule has 5 nitrogen and oxygen atoms in total. The summed E-state index contributed by atoms with van der Waals surface area (Å²) >= 11 is 0. The molecule has 1 aliphatic rings. The van der Waals surface area contributed by atoms with Gasteiger partial charge >= 0.3 is 5.84 Å². The molecule has 1 heterocycles. The van der Waals surface area contributed by atoms with E-state index in [-0.39, 0.29) is 5.84 Å². The molecule has 0 amide bonds. The van der Waals surface area contributed by atoms with Gasteiger partial charge in [0.15, 0.2) is 0 Å². The third kappa shape index (κ3) is 1.16. The zero-order chi connectivity index (χ0) is 6.85. The van der Waals surface area contributed by atoms with E-state index in [1.54, 1.807) is 13.6 Å². The lowest BCUT2D eigenvalue weighted by Crippen LogP contribution is -2.07. The van der Waals surface area contributed by atoms with Crippen molar-refractivity contribution in [3.63, 3.8) is 0 Å². The van der Waals surface area contributed by atoms with Crippen molar-refractivity contribution in [2.75, 3.05) is 7.05 Å². The minimum absolute atomic E-state index is 0.0116. The molecule has 0 bridgehead atoms. The van der Waals surface area contributed by atoms with E-state index in [1.807, 2.05) is 0 Å². The molecule has 0 atom stereocenters. The van der Waals surface area contributed by atoms with Crippen molar-refractivity contribution in [1.29, 1.82) is 0 Å². The van der Waals surface area contributed by atoms with E-state index in [4.69, 9.17) is 0 Å². The second-order valence-corrected chi connectivity index (χ2v) is 1.73. The number of rotatable bonds is 0. The highest BCUT2D eigenvalue weighted by Gasteiger charge is 2.22. The summed E-state index contributed by atoms with van der Waals surface area (Å²) < 4.78 is 0. The van der Waals surface area contributed by atoms with Gasteiger partial charge in [0.2, 0.25) is 0 Å². The van der Waals surface area contributed by atoms with Gasteiger partial charge in [-0.15, -0.1) is 0 Å². The number of hydrogen-bond acceptors (Lipinski definition) is 4. The second kappa shape index (κ2) is 2.00. The smallest absolute Gasteiger partial charge is 0.358 e. The van der Waals surface area contributed by atoms with Crippen LogP contribution in [0.25, 0.3) is 0 Å². The van der Waals surface area contributed by atoms with Gasteiger partial charge < -0.3 is 10.1 Å². The molecule has 0 spiro atoms. The van der Waals surface area contributed by atoms with Gasteiger partial charge in [-0.25, -0.2) is 5.01 Å². The molecule has 0 N–H and O–H groups in total. The van der Waals surface area contributed by atoms with Crippen LogP contribution in [0.4, 0.5) is 0 Å². The number of nitrogens with zero attached hydrogens (tertiary/aromatic N) is 3. The van der Waals surface area contributed by atoms with Gasteiger partial charge in [0.05, 0.1) is 6.42 Å². The molecule has 0 fully saturated rings. The first-order chi connectivity index (χ1) is 4.20. The zero-order valence-electron chi connectivity index (χ0n) is 4.94. The van der Waals surface area contributed by atoms with Gasteiger partial charge in [-0.1, -0.05) is 0 Å². The van der Waals surface area contributed by atoms with Crippen LogP contribution in [0.2, 0.25) is 0 Å². The second-order valence-electron chi connectivity index (χ2n) is 1.73. The van der Waals surface area contributed by atoms with E-state index in [2.05, 4.69) is 5.10 Å². The molecular formula is C4H6N3O2. The Bertz CT molecular complexity index is 165. The quantitative estimate of drug-likeness (QED) is 0.342. The zero-order valence-corrected chi connectivity index (χ0v) is 4.94. The lowest BCUT2D eigenvalue weighted by atomic mass is 10.4. The van der Waals surface area contributed by atoms with Crippen LogP contribution in [-0.2, 0) is 0 Å². The predicted molar refractivity (Wildman–Crippen MR) is 31.1 cm³/mol. The fourth-order valence-electron chi connectivity index (χ4n) is 0.589. The Morgan fingerprint density at radius 2 is 2.67 bits per heavy atom. The minimum atomic E-state index is -0.472. The maximum absolute atomic E-state index is 9.98. The monoisotopic (exact) mass is 128 g/mol.